The first-order valence-electron chi connectivity index (χ1n) is 10.3. The SMILES string of the molecule is CONC(C)C1=Nn2c(nc(-c3cc(C)n(C)n3)c2SC)/C1=N\c1ccc(N(C)C)cc1. The number of rotatable bonds is 7. The summed E-state index contributed by atoms with van der Waals surface area (Å²) in [4.78, 5) is 17.1. The van der Waals surface area contributed by atoms with Crippen LogP contribution in [0.5, 0.6) is 0 Å². The van der Waals surface area contributed by atoms with E-state index < -0.39 is 0 Å². The fraction of sp³-hybridized carbons (Fsp3) is 0.364. The molecule has 3 heterocycles. The molecule has 0 aliphatic carbocycles. The van der Waals surface area contributed by atoms with Gasteiger partial charge in [-0.25, -0.2) is 14.7 Å². The maximum Gasteiger partial charge on any atom is 0.183 e. The highest BCUT2D eigenvalue weighted by Gasteiger charge is 2.33. The average Bonchev–Trinajstić information content (AvgIpc) is 3.40. The second kappa shape index (κ2) is 8.89. The van der Waals surface area contributed by atoms with Crippen LogP contribution in [-0.2, 0) is 11.9 Å². The van der Waals surface area contributed by atoms with E-state index in [9.17, 15) is 0 Å². The molecular weight excluding hydrogens is 424 g/mol. The van der Waals surface area contributed by atoms with Crippen LogP contribution < -0.4 is 10.4 Å². The van der Waals surface area contributed by atoms with Crippen molar-refractivity contribution in [2.24, 2.45) is 17.1 Å². The van der Waals surface area contributed by atoms with E-state index in [-0.39, 0.29) is 6.04 Å². The number of hydrogen-bond donors (Lipinski definition) is 1. The zero-order valence-corrected chi connectivity index (χ0v) is 20.2. The number of hydrogen-bond acceptors (Lipinski definition) is 8. The Balaban J connectivity index is 1.85. The lowest BCUT2D eigenvalue weighted by atomic mass is 10.1. The molecule has 10 heteroatoms. The number of imidazole rings is 1. The van der Waals surface area contributed by atoms with Crippen LogP contribution in [0.25, 0.3) is 11.4 Å². The number of nitrogens with one attached hydrogen (secondary N) is 1. The van der Waals surface area contributed by atoms with Crippen LogP contribution in [0.4, 0.5) is 11.4 Å². The molecule has 0 saturated heterocycles. The summed E-state index contributed by atoms with van der Waals surface area (Å²) in [6.45, 7) is 4.01. The van der Waals surface area contributed by atoms with E-state index in [4.69, 9.17) is 19.9 Å². The molecule has 4 rings (SSSR count). The predicted molar refractivity (Wildman–Crippen MR) is 130 cm³/mol. The summed E-state index contributed by atoms with van der Waals surface area (Å²) in [6, 6.07) is 9.95. The summed E-state index contributed by atoms with van der Waals surface area (Å²) in [5.74, 6) is 0.698. The zero-order chi connectivity index (χ0) is 23.0. The van der Waals surface area contributed by atoms with Gasteiger partial charge in [0.2, 0.25) is 0 Å². The minimum absolute atomic E-state index is 0.170. The van der Waals surface area contributed by atoms with Gasteiger partial charge in [-0.1, -0.05) is 0 Å². The molecular formula is C22H28N8OS. The van der Waals surface area contributed by atoms with E-state index in [1.54, 1.807) is 18.9 Å². The Labute approximate surface area is 192 Å². The van der Waals surface area contributed by atoms with E-state index in [2.05, 4.69) is 15.5 Å². The van der Waals surface area contributed by atoms with E-state index >= 15 is 0 Å². The number of aliphatic imine (C=N–C) groups is 1. The molecule has 32 heavy (non-hydrogen) atoms. The van der Waals surface area contributed by atoms with Gasteiger partial charge >= 0.3 is 0 Å². The molecule has 168 valence electrons. The van der Waals surface area contributed by atoms with E-state index in [1.165, 1.54) is 0 Å². The highest BCUT2D eigenvalue weighted by atomic mass is 32.2. The first-order valence-corrected chi connectivity index (χ1v) is 11.5. The molecule has 0 fully saturated rings. The molecule has 1 N–H and O–H groups in total. The molecule has 0 saturated carbocycles. The maximum atomic E-state index is 5.16. The summed E-state index contributed by atoms with van der Waals surface area (Å²) in [5, 5.41) is 10.4. The number of thioether (sulfide) groups is 1. The van der Waals surface area contributed by atoms with Gasteiger partial charge in [-0.05, 0) is 50.4 Å². The number of benzene rings is 1. The van der Waals surface area contributed by atoms with E-state index in [1.807, 2.05) is 80.9 Å². The monoisotopic (exact) mass is 452 g/mol. The Morgan fingerprint density at radius 1 is 1.22 bits per heavy atom. The fourth-order valence-corrected chi connectivity index (χ4v) is 4.17. The molecule has 1 aromatic carbocycles. The summed E-state index contributed by atoms with van der Waals surface area (Å²) in [6.07, 6.45) is 2.02. The van der Waals surface area contributed by atoms with Crippen molar-refractivity contribution in [3.05, 3.63) is 41.9 Å². The van der Waals surface area contributed by atoms with Crippen molar-refractivity contribution in [3.8, 4) is 11.4 Å². The first kappa shape index (κ1) is 22.3. The molecule has 0 amide bonds. The van der Waals surface area contributed by atoms with Crippen LogP contribution in [-0.4, -0.2) is 64.4 Å². The van der Waals surface area contributed by atoms with Gasteiger partial charge in [-0.15, -0.1) is 11.8 Å². The lowest BCUT2D eigenvalue weighted by Crippen LogP contribution is -2.36. The second-order valence-corrected chi connectivity index (χ2v) is 8.59. The van der Waals surface area contributed by atoms with Gasteiger partial charge in [-0.2, -0.15) is 15.7 Å². The second-order valence-electron chi connectivity index (χ2n) is 7.80. The molecule has 1 aliphatic rings. The van der Waals surface area contributed by atoms with Crippen molar-refractivity contribution < 1.29 is 4.84 Å². The summed E-state index contributed by atoms with van der Waals surface area (Å²) in [5.41, 5.74) is 9.10. The molecule has 2 aromatic heterocycles. The molecule has 0 spiro atoms. The highest BCUT2D eigenvalue weighted by Crippen LogP contribution is 2.34. The number of aromatic nitrogens is 4. The quantitative estimate of drug-likeness (QED) is 0.438. The molecule has 1 unspecified atom stereocenters. The Morgan fingerprint density at radius 3 is 2.50 bits per heavy atom. The number of anilines is 1. The third-order valence-corrected chi connectivity index (χ3v) is 6.09. The summed E-state index contributed by atoms with van der Waals surface area (Å²) >= 11 is 1.59. The lowest BCUT2D eigenvalue weighted by molar-refractivity contribution is 0.0832. The van der Waals surface area contributed by atoms with Gasteiger partial charge in [0.05, 0.1) is 18.8 Å². The molecule has 0 bridgehead atoms. The van der Waals surface area contributed by atoms with Gasteiger partial charge < -0.3 is 9.74 Å². The average molecular weight is 453 g/mol. The van der Waals surface area contributed by atoms with Crippen molar-refractivity contribution in [3.63, 3.8) is 0 Å². The van der Waals surface area contributed by atoms with Gasteiger partial charge in [0.25, 0.3) is 0 Å². The smallest absolute Gasteiger partial charge is 0.183 e. The van der Waals surface area contributed by atoms with Crippen molar-refractivity contribution in [1.82, 2.24) is 24.9 Å². The van der Waals surface area contributed by atoms with Crippen LogP contribution in [0.2, 0.25) is 0 Å². The van der Waals surface area contributed by atoms with Crippen molar-refractivity contribution >= 4 is 34.6 Å². The third-order valence-electron chi connectivity index (χ3n) is 5.34. The Morgan fingerprint density at radius 2 is 1.94 bits per heavy atom. The van der Waals surface area contributed by atoms with Crippen LogP contribution in [0.3, 0.4) is 0 Å². The normalized spacial score (nSPS) is 15.2. The Bertz CT molecular complexity index is 1170. The zero-order valence-electron chi connectivity index (χ0n) is 19.4. The largest absolute Gasteiger partial charge is 0.378 e. The lowest BCUT2D eigenvalue weighted by Gasteiger charge is -2.13. The number of hydroxylamine groups is 1. The summed E-state index contributed by atoms with van der Waals surface area (Å²) in [7, 11) is 7.56. The van der Waals surface area contributed by atoms with Crippen LogP contribution in [0.15, 0.2) is 45.5 Å². The minimum Gasteiger partial charge on any atom is -0.378 e. The fourth-order valence-electron chi connectivity index (χ4n) is 3.53. The number of nitrogens with zero attached hydrogens (tertiary/aromatic N) is 7. The van der Waals surface area contributed by atoms with Crippen molar-refractivity contribution in [2.75, 3.05) is 32.4 Å². The number of fused-ring (bicyclic) bond motifs is 1. The van der Waals surface area contributed by atoms with E-state index in [0.717, 1.165) is 39.2 Å². The maximum absolute atomic E-state index is 5.16. The van der Waals surface area contributed by atoms with Crippen molar-refractivity contribution in [2.45, 2.75) is 24.9 Å². The Hall–Kier alpha value is -2.95. The molecule has 9 nitrogen and oxygen atoms in total. The Kier molecular flexibility index (Phi) is 6.18. The highest BCUT2D eigenvalue weighted by molar-refractivity contribution is 7.98. The van der Waals surface area contributed by atoms with Gasteiger partial charge in [0.15, 0.2) is 5.82 Å². The topological polar surface area (TPSA) is 84.9 Å². The predicted octanol–water partition coefficient (Wildman–Crippen LogP) is 3.26. The van der Waals surface area contributed by atoms with Gasteiger partial charge in [-0.3, -0.25) is 4.68 Å². The summed E-state index contributed by atoms with van der Waals surface area (Å²) < 4.78 is 3.71. The number of aryl methyl sites for hydroxylation is 2. The van der Waals surface area contributed by atoms with Crippen LogP contribution in [0.1, 0.15) is 18.4 Å². The van der Waals surface area contributed by atoms with Gasteiger partial charge in [0, 0.05) is 32.5 Å². The van der Waals surface area contributed by atoms with Crippen LogP contribution in [0, 0.1) is 6.92 Å². The van der Waals surface area contributed by atoms with Crippen molar-refractivity contribution in [1.29, 1.82) is 0 Å². The van der Waals surface area contributed by atoms with Crippen LogP contribution >= 0.6 is 11.8 Å². The molecule has 1 aliphatic heterocycles. The molecule has 1 atom stereocenters. The van der Waals surface area contributed by atoms with E-state index in [0.29, 0.717) is 11.5 Å². The standard InChI is InChI=1S/C22H28N8OS/c1-13-12-17(25-29(13)5)19-22(32-7)30-21(24-19)20(18(26-30)14(2)27-31-6)23-15-8-10-16(11-9-15)28(3)4/h8-12,14,27H,1-7H3/b23-20-. The minimum atomic E-state index is -0.170. The molecule has 0 radical (unpaired) electrons. The first-order chi connectivity index (χ1) is 15.3. The van der Waals surface area contributed by atoms with Gasteiger partial charge in [0.1, 0.15) is 27.8 Å². The molecule has 3 aromatic rings. The third kappa shape index (κ3) is 3.96.